The molecule has 0 aromatic carbocycles. The Bertz CT molecular complexity index is 648. The van der Waals surface area contributed by atoms with Gasteiger partial charge in [0.1, 0.15) is 5.76 Å². The van der Waals surface area contributed by atoms with Gasteiger partial charge in [0.25, 0.3) is 0 Å². The van der Waals surface area contributed by atoms with E-state index in [1.54, 1.807) is 19.2 Å². The number of ether oxygens (including phenoxy) is 1. The molecule has 3 heterocycles. The van der Waals surface area contributed by atoms with Gasteiger partial charge in [0, 0.05) is 38.1 Å². The van der Waals surface area contributed by atoms with Crippen LogP contribution >= 0.6 is 12.4 Å². The van der Waals surface area contributed by atoms with E-state index < -0.39 is 5.97 Å². The molecule has 6 nitrogen and oxygen atoms in total. The second kappa shape index (κ2) is 8.82. The van der Waals surface area contributed by atoms with Crippen LogP contribution in [0.15, 0.2) is 41.1 Å². The molecular formula is C17H22ClN3O3. The maximum atomic E-state index is 11.7. The Hall–Kier alpha value is -1.89. The van der Waals surface area contributed by atoms with Crippen LogP contribution in [-0.2, 0) is 11.3 Å². The minimum atomic E-state index is -0.414. The third-order valence-electron chi connectivity index (χ3n) is 3.92. The first-order valence-corrected chi connectivity index (χ1v) is 7.88. The van der Waals surface area contributed by atoms with Crippen molar-refractivity contribution in [1.82, 2.24) is 15.2 Å². The summed E-state index contributed by atoms with van der Waals surface area (Å²) in [6.07, 6.45) is 3.68. The number of pyridine rings is 1. The van der Waals surface area contributed by atoms with Crippen molar-refractivity contribution in [3.63, 3.8) is 0 Å². The number of aromatic nitrogens is 1. The average molecular weight is 352 g/mol. The van der Waals surface area contributed by atoms with Gasteiger partial charge in [0.2, 0.25) is 5.76 Å². The Morgan fingerprint density at radius 2 is 2.33 bits per heavy atom. The van der Waals surface area contributed by atoms with Crippen molar-refractivity contribution < 1.29 is 13.9 Å². The average Bonchev–Trinajstić information content (AvgIpc) is 3.05. The molecule has 1 atom stereocenters. The highest BCUT2D eigenvalue weighted by molar-refractivity contribution is 5.86. The molecule has 0 saturated carbocycles. The zero-order valence-electron chi connectivity index (χ0n) is 13.6. The topological polar surface area (TPSA) is 67.6 Å². The van der Waals surface area contributed by atoms with E-state index in [-0.39, 0.29) is 24.2 Å². The monoisotopic (exact) mass is 351 g/mol. The second-order valence-corrected chi connectivity index (χ2v) is 5.46. The smallest absolute Gasteiger partial charge is 0.374 e. The zero-order chi connectivity index (χ0) is 16.1. The number of carbonyl (C=O) groups is 1. The molecule has 7 heteroatoms. The first kappa shape index (κ1) is 18.4. The third kappa shape index (κ3) is 4.35. The molecule has 1 saturated heterocycles. The number of carbonyl (C=O) groups excluding carboxylic acids is 1. The van der Waals surface area contributed by atoms with Gasteiger partial charge in [-0.15, -0.1) is 12.4 Å². The summed E-state index contributed by atoms with van der Waals surface area (Å²) in [5.74, 6) is 0.613. The summed E-state index contributed by atoms with van der Waals surface area (Å²) in [5, 5.41) is 3.42. The quantitative estimate of drug-likeness (QED) is 0.834. The van der Waals surface area contributed by atoms with E-state index in [9.17, 15) is 4.79 Å². The van der Waals surface area contributed by atoms with Crippen LogP contribution < -0.4 is 5.32 Å². The van der Waals surface area contributed by atoms with Gasteiger partial charge in [-0.25, -0.2) is 4.79 Å². The molecule has 1 aliphatic rings. The van der Waals surface area contributed by atoms with Gasteiger partial charge in [0.05, 0.1) is 13.2 Å². The summed E-state index contributed by atoms with van der Waals surface area (Å²) in [6, 6.07) is 7.80. The van der Waals surface area contributed by atoms with Gasteiger partial charge in [-0.2, -0.15) is 0 Å². The van der Waals surface area contributed by atoms with Crippen LogP contribution in [0.25, 0.3) is 0 Å². The molecule has 1 unspecified atom stereocenters. The van der Waals surface area contributed by atoms with Gasteiger partial charge in [-0.1, -0.05) is 6.07 Å². The van der Waals surface area contributed by atoms with Gasteiger partial charge in [-0.3, -0.25) is 9.88 Å². The Morgan fingerprint density at radius 3 is 3.08 bits per heavy atom. The van der Waals surface area contributed by atoms with Crippen molar-refractivity contribution in [3.8, 4) is 0 Å². The van der Waals surface area contributed by atoms with Gasteiger partial charge < -0.3 is 14.5 Å². The molecule has 1 aliphatic heterocycles. The lowest BCUT2D eigenvalue weighted by Crippen LogP contribution is -2.45. The number of furan rings is 1. The summed E-state index contributed by atoms with van der Waals surface area (Å²) in [6.45, 7) is 5.49. The van der Waals surface area contributed by atoms with E-state index in [2.05, 4.69) is 21.3 Å². The van der Waals surface area contributed by atoms with Crippen LogP contribution in [0.4, 0.5) is 0 Å². The molecule has 0 aliphatic carbocycles. The van der Waals surface area contributed by atoms with Crippen molar-refractivity contribution >= 4 is 18.4 Å². The van der Waals surface area contributed by atoms with Crippen molar-refractivity contribution in [2.75, 3.05) is 26.2 Å². The largest absolute Gasteiger partial charge is 0.460 e. The molecule has 24 heavy (non-hydrogen) atoms. The SMILES string of the molecule is CCOC(=O)c1ccc(CN2CCNCC2c2cccnc2)o1.Cl. The second-order valence-electron chi connectivity index (χ2n) is 5.46. The number of rotatable bonds is 5. The van der Waals surface area contributed by atoms with E-state index in [0.717, 1.165) is 25.4 Å². The molecule has 0 radical (unpaired) electrons. The minimum absolute atomic E-state index is 0. The Morgan fingerprint density at radius 1 is 1.46 bits per heavy atom. The van der Waals surface area contributed by atoms with Crippen LogP contribution in [0.1, 0.15) is 34.8 Å². The van der Waals surface area contributed by atoms with Crippen LogP contribution in [0.2, 0.25) is 0 Å². The first-order valence-electron chi connectivity index (χ1n) is 7.88. The zero-order valence-corrected chi connectivity index (χ0v) is 14.4. The minimum Gasteiger partial charge on any atom is -0.460 e. The van der Waals surface area contributed by atoms with Crippen LogP contribution in [-0.4, -0.2) is 42.1 Å². The molecule has 0 amide bonds. The fourth-order valence-electron chi connectivity index (χ4n) is 2.81. The fourth-order valence-corrected chi connectivity index (χ4v) is 2.81. The van der Waals surface area contributed by atoms with Crippen LogP contribution in [0, 0.1) is 0 Å². The van der Waals surface area contributed by atoms with Crippen molar-refractivity contribution in [2.45, 2.75) is 19.5 Å². The predicted molar refractivity (Wildman–Crippen MR) is 92.2 cm³/mol. The Balaban J connectivity index is 0.00000208. The number of piperazine rings is 1. The maximum Gasteiger partial charge on any atom is 0.374 e. The summed E-state index contributed by atoms with van der Waals surface area (Å²) in [4.78, 5) is 18.2. The molecule has 2 aromatic rings. The van der Waals surface area contributed by atoms with Gasteiger partial charge in [0.15, 0.2) is 0 Å². The number of nitrogens with zero attached hydrogens (tertiary/aromatic N) is 2. The lowest BCUT2D eigenvalue weighted by Gasteiger charge is -2.35. The highest BCUT2D eigenvalue weighted by Gasteiger charge is 2.25. The van der Waals surface area contributed by atoms with Gasteiger partial charge in [-0.05, 0) is 30.7 Å². The molecule has 1 N–H and O–H groups in total. The van der Waals surface area contributed by atoms with Crippen LogP contribution in [0.5, 0.6) is 0 Å². The number of nitrogens with one attached hydrogen (secondary N) is 1. The molecule has 130 valence electrons. The fraction of sp³-hybridized carbons (Fsp3) is 0.412. The summed E-state index contributed by atoms with van der Waals surface area (Å²) < 4.78 is 10.6. The van der Waals surface area contributed by atoms with E-state index in [0.29, 0.717) is 13.2 Å². The molecule has 0 bridgehead atoms. The predicted octanol–water partition coefficient (Wildman–Crippen LogP) is 2.42. The van der Waals surface area contributed by atoms with E-state index in [4.69, 9.17) is 9.15 Å². The molecular weight excluding hydrogens is 330 g/mol. The summed E-state index contributed by atoms with van der Waals surface area (Å²) in [7, 11) is 0. The lowest BCUT2D eigenvalue weighted by molar-refractivity contribution is 0.0484. The lowest BCUT2D eigenvalue weighted by atomic mass is 10.1. The van der Waals surface area contributed by atoms with E-state index >= 15 is 0 Å². The first-order chi connectivity index (χ1) is 11.3. The normalized spacial score (nSPS) is 18.0. The van der Waals surface area contributed by atoms with E-state index in [1.807, 2.05) is 18.3 Å². The summed E-state index contributed by atoms with van der Waals surface area (Å²) in [5.41, 5.74) is 1.18. The highest BCUT2D eigenvalue weighted by Crippen LogP contribution is 2.24. The van der Waals surface area contributed by atoms with Crippen molar-refractivity contribution in [3.05, 3.63) is 53.7 Å². The molecule has 1 fully saturated rings. The number of hydrogen-bond acceptors (Lipinski definition) is 6. The number of esters is 1. The molecule has 3 rings (SSSR count). The standard InChI is InChI=1S/C17H21N3O3.ClH/c1-2-22-17(21)16-6-5-14(23-16)12-20-9-8-19-11-15(20)13-4-3-7-18-10-13;/h3-7,10,15,19H,2,8-9,11-12H2,1H3;1H. The van der Waals surface area contributed by atoms with Crippen LogP contribution in [0.3, 0.4) is 0 Å². The van der Waals surface area contributed by atoms with Gasteiger partial charge >= 0.3 is 5.97 Å². The highest BCUT2D eigenvalue weighted by atomic mass is 35.5. The molecule has 0 spiro atoms. The molecule has 2 aromatic heterocycles. The van der Waals surface area contributed by atoms with Crippen molar-refractivity contribution in [2.24, 2.45) is 0 Å². The Labute approximate surface area is 147 Å². The Kier molecular flexibility index (Phi) is 6.78. The maximum absolute atomic E-state index is 11.7. The number of halogens is 1. The van der Waals surface area contributed by atoms with E-state index in [1.165, 1.54) is 5.56 Å². The van der Waals surface area contributed by atoms with Crippen molar-refractivity contribution in [1.29, 1.82) is 0 Å². The third-order valence-corrected chi connectivity index (χ3v) is 3.92. The number of hydrogen-bond donors (Lipinski definition) is 1. The summed E-state index contributed by atoms with van der Waals surface area (Å²) >= 11 is 0.